The summed E-state index contributed by atoms with van der Waals surface area (Å²) in [5.74, 6) is 0. The first kappa shape index (κ1) is 16.9. The van der Waals surface area contributed by atoms with Crippen LogP contribution in [0.4, 0.5) is 13.2 Å². The molecule has 3 aromatic rings. The highest BCUT2D eigenvalue weighted by molar-refractivity contribution is 6.10. The van der Waals surface area contributed by atoms with Gasteiger partial charge in [-0.25, -0.2) is 4.98 Å². The number of nitrogens with one attached hydrogen (secondary N) is 2. The van der Waals surface area contributed by atoms with Crippen LogP contribution in [-0.2, 0) is 17.4 Å². The van der Waals surface area contributed by atoms with Gasteiger partial charge < -0.3 is 10.3 Å². The van der Waals surface area contributed by atoms with Crippen LogP contribution in [-0.4, -0.2) is 16.4 Å². The standard InChI is InChI=1S/C19H18F3N3O/c1-18(2)7-12(23-9-26)15-13(8-18)25-17(19(20,21)22)16-14(15)10-5-3-4-6-11(10)24-16/h3-6,9,12,24H,7-8H2,1-2H3,(H,23,26). The Balaban J connectivity index is 2.16. The number of H-pyrrole nitrogens is 1. The van der Waals surface area contributed by atoms with Gasteiger partial charge in [0.1, 0.15) is 0 Å². The van der Waals surface area contributed by atoms with Gasteiger partial charge in [-0.3, -0.25) is 4.79 Å². The van der Waals surface area contributed by atoms with Crippen LogP contribution in [0.3, 0.4) is 0 Å². The lowest BCUT2D eigenvalue weighted by Crippen LogP contribution is -2.34. The molecule has 2 aromatic heterocycles. The molecular weight excluding hydrogens is 343 g/mol. The van der Waals surface area contributed by atoms with Crippen molar-refractivity contribution in [2.45, 2.75) is 38.9 Å². The van der Waals surface area contributed by atoms with Crippen LogP contribution >= 0.6 is 0 Å². The summed E-state index contributed by atoms with van der Waals surface area (Å²) < 4.78 is 41.1. The summed E-state index contributed by atoms with van der Waals surface area (Å²) >= 11 is 0. The van der Waals surface area contributed by atoms with Crippen molar-refractivity contribution in [2.24, 2.45) is 5.41 Å². The van der Waals surface area contributed by atoms with Gasteiger partial charge in [0, 0.05) is 27.5 Å². The third kappa shape index (κ3) is 2.53. The molecule has 1 unspecified atom stereocenters. The van der Waals surface area contributed by atoms with Crippen LogP contribution in [0.1, 0.15) is 43.3 Å². The molecule has 26 heavy (non-hydrogen) atoms. The summed E-state index contributed by atoms with van der Waals surface area (Å²) in [4.78, 5) is 18.1. The Kier molecular flexibility index (Phi) is 3.54. The van der Waals surface area contributed by atoms with E-state index in [0.29, 0.717) is 46.8 Å². The molecule has 2 heterocycles. The fourth-order valence-electron chi connectivity index (χ4n) is 4.11. The average Bonchev–Trinajstić information content (AvgIpc) is 2.91. The minimum absolute atomic E-state index is 0.0187. The quantitative estimate of drug-likeness (QED) is 0.661. The van der Waals surface area contributed by atoms with E-state index in [2.05, 4.69) is 15.3 Å². The molecule has 2 N–H and O–H groups in total. The summed E-state index contributed by atoms with van der Waals surface area (Å²) in [5, 5.41) is 4.00. The Morgan fingerprint density at radius 2 is 2.04 bits per heavy atom. The summed E-state index contributed by atoms with van der Waals surface area (Å²) in [6.45, 7) is 3.95. The number of hydrogen-bond acceptors (Lipinski definition) is 2. The minimum atomic E-state index is -4.57. The van der Waals surface area contributed by atoms with E-state index in [1.807, 2.05) is 13.8 Å². The lowest BCUT2D eigenvalue weighted by molar-refractivity contribution is -0.140. The molecule has 0 saturated carbocycles. The first-order valence-electron chi connectivity index (χ1n) is 8.41. The molecule has 1 amide bonds. The molecule has 136 valence electrons. The maximum Gasteiger partial charge on any atom is 0.435 e. The second kappa shape index (κ2) is 5.46. The highest BCUT2D eigenvalue weighted by Gasteiger charge is 2.41. The van der Waals surface area contributed by atoms with Gasteiger partial charge in [0.05, 0.1) is 11.6 Å². The predicted molar refractivity (Wildman–Crippen MR) is 92.6 cm³/mol. The third-order valence-corrected chi connectivity index (χ3v) is 5.06. The van der Waals surface area contributed by atoms with E-state index in [9.17, 15) is 18.0 Å². The van der Waals surface area contributed by atoms with Crippen molar-refractivity contribution in [3.05, 3.63) is 41.2 Å². The van der Waals surface area contributed by atoms with Crippen molar-refractivity contribution in [3.8, 4) is 0 Å². The van der Waals surface area contributed by atoms with Gasteiger partial charge in [-0.05, 0) is 24.3 Å². The van der Waals surface area contributed by atoms with Crippen molar-refractivity contribution >= 4 is 28.2 Å². The van der Waals surface area contributed by atoms with Gasteiger partial charge in [0.2, 0.25) is 6.41 Å². The van der Waals surface area contributed by atoms with Gasteiger partial charge in [0.25, 0.3) is 0 Å². The van der Waals surface area contributed by atoms with Crippen LogP contribution in [0.5, 0.6) is 0 Å². The molecule has 4 rings (SSSR count). The number of amides is 1. The zero-order valence-corrected chi connectivity index (χ0v) is 14.4. The maximum absolute atomic E-state index is 13.7. The number of halogens is 3. The van der Waals surface area contributed by atoms with Gasteiger partial charge in [-0.2, -0.15) is 13.2 Å². The fraction of sp³-hybridized carbons (Fsp3) is 0.368. The number of benzene rings is 1. The molecular formula is C19H18F3N3O. The topological polar surface area (TPSA) is 57.8 Å². The van der Waals surface area contributed by atoms with Crippen molar-refractivity contribution in [1.82, 2.24) is 15.3 Å². The molecule has 0 fully saturated rings. The fourth-order valence-corrected chi connectivity index (χ4v) is 4.11. The summed E-state index contributed by atoms with van der Waals surface area (Å²) in [7, 11) is 0. The average molecular weight is 361 g/mol. The maximum atomic E-state index is 13.7. The van der Waals surface area contributed by atoms with Gasteiger partial charge >= 0.3 is 6.18 Å². The van der Waals surface area contributed by atoms with Crippen LogP contribution in [0, 0.1) is 5.41 Å². The first-order chi connectivity index (χ1) is 12.2. The van der Waals surface area contributed by atoms with Crippen molar-refractivity contribution < 1.29 is 18.0 Å². The molecule has 0 spiro atoms. The highest BCUT2D eigenvalue weighted by atomic mass is 19.4. The number of fused-ring (bicyclic) bond motifs is 5. The zero-order chi connectivity index (χ0) is 18.7. The summed E-state index contributed by atoms with van der Waals surface area (Å²) in [6.07, 6.45) is -2.89. The molecule has 0 saturated heterocycles. The lowest BCUT2D eigenvalue weighted by atomic mass is 9.72. The van der Waals surface area contributed by atoms with Crippen LogP contribution < -0.4 is 5.32 Å². The Bertz CT molecular complexity index is 1020. The monoisotopic (exact) mass is 361 g/mol. The SMILES string of the molecule is CC1(C)Cc2nc(C(F)(F)F)c3[nH]c4ccccc4c3c2C(NC=O)C1. The van der Waals surface area contributed by atoms with E-state index in [-0.39, 0.29) is 17.0 Å². The number of carbonyl (C=O) groups is 1. The zero-order valence-electron chi connectivity index (χ0n) is 14.4. The smallest absolute Gasteiger partial charge is 0.353 e. The minimum Gasteiger partial charge on any atom is -0.353 e. The highest BCUT2D eigenvalue weighted by Crippen LogP contribution is 2.47. The molecule has 0 radical (unpaired) electrons. The van der Waals surface area contributed by atoms with Crippen LogP contribution in [0.15, 0.2) is 24.3 Å². The number of hydrogen-bond donors (Lipinski definition) is 2. The third-order valence-electron chi connectivity index (χ3n) is 5.06. The Morgan fingerprint density at radius 3 is 2.73 bits per heavy atom. The number of alkyl halides is 3. The van der Waals surface area contributed by atoms with Crippen LogP contribution in [0.2, 0.25) is 0 Å². The number of rotatable bonds is 2. The summed E-state index contributed by atoms with van der Waals surface area (Å²) in [6, 6.07) is 6.74. The van der Waals surface area contributed by atoms with Crippen molar-refractivity contribution in [3.63, 3.8) is 0 Å². The van der Waals surface area contributed by atoms with E-state index in [4.69, 9.17) is 0 Å². The van der Waals surface area contributed by atoms with Crippen molar-refractivity contribution in [1.29, 1.82) is 0 Å². The number of para-hydroxylation sites is 1. The Morgan fingerprint density at radius 1 is 1.31 bits per heavy atom. The van der Waals surface area contributed by atoms with Gasteiger partial charge in [-0.15, -0.1) is 0 Å². The molecule has 1 aliphatic rings. The number of aromatic amines is 1. The van der Waals surface area contributed by atoms with E-state index in [0.717, 1.165) is 0 Å². The summed E-state index contributed by atoms with van der Waals surface area (Å²) in [5.41, 5.74) is 0.545. The molecule has 0 aliphatic heterocycles. The first-order valence-corrected chi connectivity index (χ1v) is 8.41. The number of pyridine rings is 1. The number of carbonyl (C=O) groups excluding carboxylic acids is 1. The molecule has 1 aliphatic carbocycles. The second-order valence-corrected chi connectivity index (χ2v) is 7.62. The van der Waals surface area contributed by atoms with Crippen LogP contribution in [0.25, 0.3) is 21.8 Å². The van der Waals surface area contributed by atoms with E-state index < -0.39 is 11.9 Å². The number of nitrogens with zero attached hydrogens (tertiary/aromatic N) is 1. The molecule has 1 aromatic carbocycles. The number of aromatic nitrogens is 2. The van der Waals surface area contributed by atoms with Gasteiger partial charge in [0.15, 0.2) is 5.69 Å². The Labute approximate surface area is 147 Å². The largest absolute Gasteiger partial charge is 0.435 e. The van der Waals surface area contributed by atoms with E-state index in [1.165, 1.54) is 0 Å². The normalized spacial score (nSPS) is 19.5. The molecule has 4 nitrogen and oxygen atoms in total. The molecule has 0 bridgehead atoms. The van der Waals surface area contributed by atoms with E-state index in [1.54, 1.807) is 24.3 Å². The Hall–Kier alpha value is -2.57. The van der Waals surface area contributed by atoms with Crippen molar-refractivity contribution in [2.75, 3.05) is 0 Å². The predicted octanol–water partition coefficient (Wildman–Crippen LogP) is 4.49. The lowest BCUT2D eigenvalue weighted by Gasteiger charge is -2.37. The van der Waals surface area contributed by atoms with Gasteiger partial charge in [-0.1, -0.05) is 32.0 Å². The molecule has 7 heteroatoms. The molecule has 1 atom stereocenters. The second-order valence-electron chi connectivity index (χ2n) is 7.62. The van der Waals surface area contributed by atoms with E-state index >= 15 is 0 Å².